The quantitative estimate of drug-likeness (QED) is 0.460. The molecule has 0 radical (unpaired) electrons. The second-order valence-corrected chi connectivity index (χ2v) is 4.75. The Kier molecular flexibility index (Phi) is 2.31. The summed E-state index contributed by atoms with van der Waals surface area (Å²) in [6.07, 6.45) is -3.85. The molecule has 2 aliphatic rings. The summed E-state index contributed by atoms with van der Waals surface area (Å²) in [5, 5.41) is 19.6. The van der Waals surface area contributed by atoms with Gasteiger partial charge in [-0.25, -0.2) is 9.18 Å². The van der Waals surface area contributed by atoms with Crippen LogP contribution in [0.15, 0.2) is 21.9 Å². The number of nitrogens with one attached hydrogen (secondary N) is 1. The third kappa shape index (κ3) is 1.25. The number of aromatic nitrogens is 2. The highest BCUT2D eigenvalue weighted by molar-refractivity contribution is 5.36. The summed E-state index contributed by atoms with van der Waals surface area (Å²) in [4.78, 5) is 24.4. The molecule has 19 heavy (non-hydrogen) atoms. The molecule has 104 valence electrons. The first-order valence-corrected chi connectivity index (χ1v) is 5.62. The van der Waals surface area contributed by atoms with Gasteiger partial charge in [0.15, 0.2) is 18.0 Å². The standard InChI is InChI=1S/C10H12FN3O5/c11-5-6(14-2-1-4(15)13-8(14)17)19-9(3-12)7(16)10(5,9)18/h1-2,5-7,16,18H,3,12H2,(H,13,15,17)/t5-,6+,7?,9+,10-/m0/s1. The van der Waals surface area contributed by atoms with E-state index >= 15 is 0 Å². The van der Waals surface area contributed by atoms with Crippen LogP contribution in [0.5, 0.6) is 0 Å². The van der Waals surface area contributed by atoms with Crippen molar-refractivity contribution < 1.29 is 19.3 Å². The van der Waals surface area contributed by atoms with E-state index in [9.17, 15) is 24.2 Å². The van der Waals surface area contributed by atoms with E-state index in [0.29, 0.717) is 0 Å². The number of H-pyrrole nitrogens is 1. The zero-order valence-corrected chi connectivity index (χ0v) is 9.62. The van der Waals surface area contributed by atoms with Crippen LogP contribution in [-0.4, -0.2) is 49.8 Å². The minimum absolute atomic E-state index is 0.292. The van der Waals surface area contributed by atoms with Crippen LogP contribution >= 0.6 is 0 Å². The molecule has 3 rings (SSSR count). The van der Waals surface area contributed by atoms with Crippen LogP contribution in [0.25, 0.3) is 0 Å². The lowest BCUT2D eigenvalue weighted by molar-refractivity contribution is -0.0904. The fraction of sp³-hybridized carbons (Fsp3) is 0.600. The van der Waals surface area contributed by atoms with Crippen molar-refractivity contribution in [2.45, 2.75) is 29.7 Å². The number of aromatic amines is 1. The molecule has 1 aromatic rings. The maximum absolute atomic E-state index is 14.2. The van der Waals surface area contributed by atoms with Gasteiger partial charge in [0.1, 0.15) is 11.7 Å². The van der Waals surface area contributed by atoms with E-state index in [1.165, 1.54) is 0 Å². The number of nitrogens with two attached hydrogens (primary N) is 1. The van der Waals surface area contributed by atoms with Gasteiger partial charge in [-0.05, 0) is 0 Å². The highest BCUT2D eigenvalue weighted by Gasteiger charge is 2.87. The van der Waals surface area contributed by atoms with Crippen molar-refractivity contribution >= 4 is 0 Å². The largest absolute Gasteiger partial charge is 0.387 e. The number of halogens is 1. The van der Waals surface area contributed by atoms with Crippen LogP contribution in [0.2, 0.25) is 0 Å². The van der Waals surface area contributed by atoms with Crippen LogP contribution < -0.4 is 17.0 Å². The van der Waals surface area contributed by atoms with Gasteiger partial charge in [0.2, 0.25) is 0 Å². The van der Waals surface area contributed by atoms with Crippen molar-refractivity contribution in [3.63, 3.8) is 0 Å². The van der Waals surface area contributed by atoms with Gasteiger partial charge in [-0.2, -0.15) is 0 Å². The van der Waals surface area contributed by atoms with Crippen LogP contribution in [-0.2, 0) is 4.74 Å². The second kappa shape index (κ2) is 3.51. The molecule has 2 heterocycles. The maximum atomic E-state index is 14.2. The van der Waals surface area contributed by atoms with Crippen LogP contribution in [0.3, 0.4) is 0 Å². The molecular formula is C10H12FN3O5. The minimum Gasteiger partial charge on any atom is -0.387 e. The number of alkyl halides is 1. The zero-order chi connectivity index (χ0) is 14.0. The van der Waals surface area contributed by atoms with Crippen molar-refractivity contribution in [3.05, 3.63) is 33.1 Å². The van der Waals surface area contributed by atoms with Crippen LogP contribution in [0.4, 0.5) is 4.39 Å². The first-order valence-electron chi connectivity index (χ1n) is 5.62. The Labute approximate surface area is 105 Å². The van der Waals surface area contributed by atoms with Gasteiger partial charge >= 0.3 is 5.69 Å². The molecule has 1 saturated heterocycles. The molecule has 1 aliphatic carbocycles. The number of fused-ring (bicyclic) bond motifs is 1. The lowest BCUT2D eigenvalue weighted by atomic mass is 10.1. The third-order valence-corrected chi connectivity index (χ3v) is 3.88. The second-order valence-electron chi connectivity index (χ2n) is 4.75. The van der Waals surface area contributed by atoms with Gasteiger partial charge in [0.25, 0.3) is 5.56 Å². The number of ether oxygens (including phenoxy) is 1. The number of hydrogen-bond donors (Lipinski definition) is 4. The topological polar surface area (TPSA) is 131 Å². The zero-order valence-electron chi connectivity index (χ0n) is 9.62. The van der Waals surface area contributed by atoms with E-state index < -0.39 is 41.0 Å². The monoisotopic (exact) mass is 273 g/mol. The average Bonchev–Trinajstić information content (AvgIpc) is 2.73. The summed E-state index contributed by atoms with van der Waals surface area (Å²) in [5.41, 5.74) is 0.165. The molecule has 5 atom stereocenters. The highest BCUT2D eigenvalue weighted by Crippen LogP contribution is 2.62. The fourth-order valence-electron chi connectivity index (χ4n) is 2.68. The van der Waals surface area contributed by atoms with E-state index in [1.54, 1.807) is 0 Å². The molecule has 8 nitrogen and oxygen atoms in total. The Hall–Kier alpha value is -1.55. The van der Waals surface area contributed by atoms with Crippen molar-refractivity contribution in [2.75, 3.05) is 6.54 Å². The smallest absolute Gasteiger partial charge is 0.330 e. The summed E-state index contributed by atoms with van der Waals surface area (Å²) in [7, 11) is 0. The van der Waals surface area contributed by atoms with Crippen LogP contribution in [0, 0.1) is 0 Å². The summed E-state index contributed by atoms with van der Waals surface area (Å²) < 4.78 is 20.3. The molecule has 9 heteroatoms. The van der Waals surface area contributed by atoms with Gasteiger partial charge in [-0.1, -0.05) is 0 Å². The molecular weight excluding hydrogens is 261 g/mol. The number of hydrogen-bond acceptors (Lipinski definition) is 6. The molecule has 1 aromatic heterocycles. The molecule has 0 spiro atoms. The summed E-state index contributed by atoms with van der Waals surface area (Å²) in [6.45, 7) is -0.292. The Balaban J connectivity index is 2.02. The van der Waals surface area contributed by atoms with E-state index in [4.69, 9.17) is 10.5 Å². The van der Waals surface area contributed by atoms with Crippen LogP contribution in [0.1, 0.15) is 6.23 Å². The maximum Gasteiger partial charge on any atom is 0.330 e. The van der Waals surface area contributed by atoms with E-state index in [-0.39, 0.29) is 6.54 Å². The molecule has 0 aromatic carbocycles. The normalized spacial score (nSPS) is 44.1. The van der Waals surface area contributed by atoms with Crippen molar-refractivity contribution in [1.82, 2.24) is 9.55 Å². The summed E-state index contributed by atoms with van der Waals surface area (Å²) in [6, 6.07) is 1.02. The van der Waals surface area contributed by atoms with Gasteiger partial charge in [0.05, 0.1) is 0 Å². The predicted molar refractivity (Wildman–Crippen MR) is 59.1 cm³/mol. The van der Waals surface area contributed by atoms with Gasteiger partial charge in [-0.3, -0.25) is 14.3 Å². The fourth-order valence-corrected chi connectivity index (χ4v) is 2.68. The molecule has 1 unspecified atom stereocenters. The Morgan fingerprint density at radius 2 is 2.26 bits per heavy atom. The molecule has 0 bridgehead atoms. The number of aliphatic hydroxyl groups excluding tert-OH is 1. The van der Waals surface area contributed by atoms with E-state index in [0.717, 1.165) is 16.8 Å². The SMILES string of the molecule is NC[C@]12O[C@@H](n3ccc(=O)[nH]c3=O)[C@H](F)[C@]1(O)C2O. The van der Waals surface area contributed by atoms with Gasteiger partial charge in [-0.15, -0.1) is 0 Å². The minimum atomic E-state index is -2.12. The molecule has 2 fully saturated rings. The lowest BCUT2D eigenvalue weighted by Crippen LogP contribution is -2.39. The first kappa shape index (κ1) is 12.5. The number of nitrogens with zero attached hydrogens (tertiary/aromatic N) is 1. The Morgan fingerprint density at radius 1 is 1.58 bits per heavy atom. The summed E-state index contributed by atoms with van der Waals surface area (Å²) in [5.74, 6) is 0. The highest BCUT2D eigenvalue weighted by atomic mass is 19.1. The molecule has 5 N–H and O–H groups in total. The molecule has 1 aliphatic heterocycles. The number of aliphatic hydroxyl groups is 2. The van der Waals surface area contributed by atoms with E-state index in [1.807, 2.05) is 4.98 Å². The average molecular weight is 273 g/mol. The third-order valence-electron chi connectivity index (χ3n) is 3.88. The van der Waals surface area contributed by atoms with Gasteiger partial charge < -0.3 is 20.7 Å². The van der Waals surface area contributed by atoms with Gasteiger partial charge in [0, 0.05) is 18.8 Å². The number of rotatable bonds is 2. The predicted octanol–water partition coefficient (Wildman–Crippen LogP) is -2.79. The Morgan fingerprint density at radius 3 is 2.79 bits per heavy atom. The van der Waals surface area contributed by atoms with Crippen molar-refractivity contribution in [2.24, 2.45) is 5.73 Å². The Bertz CT molecular complexity index is 641. The van der Waals surface area contributed by atoms with Crippen molar-refractivity contribution in [1.29, 1.82) is 0 Å². The van der Waals surface area contributed by atoms with E-state index in [2.05, 4.69) is 0 Å². The molecule has 1 saturated carbocycles. The molecule has 0 amide bonds. The summed E-state index contributed by atoms with van der Waals surface area (Å²) >= 11 is 0. The first-order chi connectivity index (χ1) is 8.88. The van der Waals surface area contributed by atoms with Crippen molar-refractivity contribution in [3.8, 4) is 0 Å². The lowest BCUT2D eigenvalue weighted by Gasteiger charge is -2.21.